The number of carbonyl (C=O) groups is 2. The Morgan fingerprint density at radius 1 is 0.840 bits per heavy atom. The van der Waals surface area contributed by atoms with E-state index in [1.807, 2.05) is 17.8 Å². The maximum absolute atomic E-state index is 11.4. The second-order valence-electron chi connectivity index (χ2n) is 5.91. The number of rotatable bonds is 10. The molecule has 2 aromatic rings. The van der Waals surface area contributed by atoms with Crippen molar-refractivity contribution in [3.8, 4) is 11.1 Å². The average molecular weight is 356 g/mol. The van der Waals surface area contributed by atoms with Gasteiger partial charge in [0.15, 0.2) is 0 Å². The highest BCUT2D eigenvalue weighted by molar-refractivity contribution is 7.99. The number of benzene rings is 2. The molecule has 4 heteroatoms. The number of Topliss-reactive ketones (excluding diaryl/α,β-unsaturated/α-hetero) is 1. The van der Waals surface area contributed by atoms with Crippen molar-refractivity contribution in [2.45, 2.75) is 37.0 Å². The summed E-state index contributed by atoms with van der Waals surface area (Å²) in [6.07, 6.45) is 4.36. The summed E-state index contributed by atoms with van der Waals surface area (Å²) in [4.78, 5) is 23.7. The van der Waals surface area contributed by atoms with Crippen LogP contribution in [0.15, 0.2) is 59.5 Å². The van der Waals surface area contributed by atoms with Crippen LogP contribution >= 0.6 is 11.8 Å². The summed E-state index contributed by atoms with van der Waals surface area (Å²) >= 11 is 1.87. The Balaban J connectivity index is 1.61. The van der Waals surface area contributed by atoms with E-state index in [1.54, 1.807) is 0 Å². The predicted molar refractivity (Wildman–Crippen MR) is 105 cm³/mol. The lowest BCUT2D eigenvalue weighted by molar-refractivity contribution is -0.137. The van der Waals surface area contributed by atoms with Gasteiger partial charge in [0, 0.05) is 18.4 Å². The molecule has 0 saturated carbocycles. The molecular weight excluding hydrogens is 330 g/mol. The summed E-state index contributed by atoms with van der Waals surface area (Å²) in [5.74, 6) is 0.290. The molecule has 0 aromatic heterocycles. The largest absolute Gasteiger partial charge is 0.353 e. The Hall–Kier alpha value is -2.07. The van der Waals surface area contributed by atoms with E-state index in [0.717, 1.165) is 31.4 Å². The van der Waals surface area contributed by atoms with Crippen molar-refractivity contribution in [1.82, 2.24) is 5.32 Å². The van der Waals surface area contributed by atoms with Gasteiger partial charge < -0.3 is 5.32 Å². The van der Waals surface area contributed by atoms with Crippen LogP contribution in [0.3, 0.4) is 0 Å². The van der Waals surface area contributed by atoms with Gasteiger partial charge in [-0.25, -0.2) is 0 Å². The Morgan fingerprint density at radius 3 is 2.16 bits per heavy atom. The third kappa shape index (κ3) is 6.75. The smallest absolute Gasteiger partial charge is 0.287 e. The van der Waals surface area contributed by atoms with Crippen LogP contribution in [-0.2, 0) is 9.59 Å². The SMILES string of the molecule is CNC(=O)C(=O)CCCCCCSc1ccc(-c2ccccc2)cc1. The van der Waals surface area contributed by atoms with Crippen LogP contribution in [-0.4, -0.2) is 24.5 Å². The zero-order valence-corrected chi connectivity index (χ0v) is 15.5. The van der Waals surface area contributed by atoms with Crippen molar-refractivity contribution in [1.29, 1.82) is 0 Å². The van der Waals surface area contributed by atoms with Gasteiger partial charge in [0.1, 0.15) is 0 Å². The summed E-state index contributed by atoms with van der Waals surface area (Å²) in [5, 5.41) is 2.37. The third-order valence-electron chi connectivity index (χ3n) is 4.01. The molecule has 0 bridgehead atoms. The molecule has 0 aliphatic carbocycles. The van der Waals surface area contributed by atoms with Crippen LogP contribution in [0.2, 0.25) is 0 Å². The summed E-state index contributed by atoms with van der Waals surface area (Å²) in [6, 6.07) is 19.1. The highest BCUT2D eigenvalue weighted by Gasteiger charge is 2.09. The Bertz CT molecular complexity index is 668. The van der Waals surface area contributed by atoms with E-state index in [-0.39, 0.29) is 5.78 Å². The lowest BCUT2D eigenvalue weighted by Crippen LogP contribution is -2.27. The molecule has 1 N–H and O–H groups in total. The molecular formula is C21H25NO2S. The molecule has 0 radical (unpaired) electrons. The second kappa shape index (κ2) is 10.7. The van der Waals surface area contributed by atoms with Gasteiger partial charge in [-0.2, -0.15) is 0 Å². The van der Waals surface area contributed by atoms with Crippen LogP contribution in [0.25, 0.3) is 11.1 Å². The lowest BCUT2D eigenvalue weighted by atomic mass is 10.1. The van der Waals surface area contributed by atoms with Crippen LogP contribution < -0.4 is 5.32 Å². The normalized spacial score (nSPS) is 10.4. The molecule has 0 aliphatic rings. The molecule has 0 fully saturated rings. The first-order valence-electron chi connectivity index (χ1n) is 8.74. The topological polar surface area (TPSA) is 46.2 Å². The first-order chi connectivity index (χ1) is 12.2. The van der Waals surface area contributed by atoms with E-state index in [2.05, 4.69) is 53.8 Å². The fourth-order valence-corrected chi connectivity index (χ4v) is 3.47. The van der Waals surface area contributed by atoms with Gasteiger partial charge in [-0.1, -0.05) is 55.3 Å². The van der Waals surface area contributed by atoms with Crippen LogP contribution in [0, 0.1) is 0 Å². The van der Waals surface area contributed by atoms with E-state index < -0.39 is 5.91 Å². The fourth-order valence-electron chi connectivity index (χ4n) is 2.56. The lowest BCUT2D eigenvalue weighted by Gasteiger charge is -2.05. The van der Waals surface area contributed by atoms with E-state index in [0.29, 0.717) is 6.42 Å². The minimum atomic E-state index is -0.477. The van der Waals surface area contributed by atoms with Gasteiger partial charge in [-0.15, -0.1) is 11.8 Å². The maximum atomic E-state index is 11.4. The number of hydrogen-bond donors (Lipinski definition) is 1. The van der Waals surface area contributed by atoms with Crippen molar-refractivity contribution in [2.75, 3.05) is 12.8 Å². The summed E-state index contributed by atoms with van der Waals surface area (Å²) in [7, 11) is 1.49. The van der Waals surface area contributed by atoms with Gasteiger partial charge in [-0.3, -0.25) is 9.59 Å². The van der Waals surface area contributed by atoms with Crippen LogP contribution in [0.4, 0.5) is 0 Å². The van der Waals surface area contributed by atoms with Crippen molar-refractivity contribution < 1.29 is 9.59 Å². The monoisotopic (exact) mass is 355 g/mol. The predicted octanol–water partition coefficient (Wildman–Crippen LogP) is 4.71. The van der Waals surface area contributed by atoms with Crippen molar-refractivity contribution in [3.63, 3.8) is 0 Å². The molecule has 0 atom stereocenters. The molecule has 3 nitrogen and oxygen atoms in total. The number of nitrogens with one attached hydrogen (secondary N) is 1. The van der Waals surface area contributed by atoms with Crippen LogP contribution in [0.5, 0.6) is 0 Å². The van der Waals surface area contributed by atoms with Gasteiger partial charge in [0.2, 0.25) is 5.78 Å². The summed E-state index contributed by atoms with van der Waals surface area (Å²) in [5.41, 5.74) is 2.48. The van der Waals surface area contributed by atoms with E-state index in [9.17, 15) is 9.59 Å². The molecule has 25 heavy (non-hydrogen) atoms. The molecule has 0 aliphatic heterocycles. The van der Waals surface area contributed by atoms with Gasteiger partial charge >= 0.3 is 0 Å². The molecule has 1 amide bonds. The van der Waals surface area contributed by atoms with Crippen LogP contribution in [0.1, 0.15) is 32.1 Å². The number of likely N-dealkylation sites (N-methyl/N-ethyl adjacent to an activating group) is 1. The zero-order valence-electron chi connectivity index (χ0n) is 14.7. The van der Waals surface area contributed by atoms with E-state index in [4.69, 9.17) is 0 Å². The van der Waals surface area contributed by atoms with Crippen molar-refractivity contribution in [2.24, 2.45) is 0 Å². The third-order valence-corrected chi connectivity index (χ3v) is 5.11. The minimum absolute atomic E-state index is 0.310. The Kier molecular flexibility index (Phi) is 8.26. The molecule has 132 valence electrons. The van der Waals surface area contributed by atoms with E-state index >= 15 is 0 Å². The number of unbranched alkanes of at least 4 members (excludes halogenated alkanes) is 3. The first kappa shape index (κ1) is 19.3. The Morgan fingerprint density at radius 2 is 1.48 bits per heavy atom. The summed E-state index contributed by atoms with van der Waals surface area (Å²) < 4.78 is 0. The number of carbonyl (C=O) groups excluding carboxylic acids is 2. The minimum Gasteiger partial charge on any atom is -0.353 e. The highest BCUT2D eigenvalue weighted by Crippen LogP contribution is 2.25. The van der Waals surface area contributed by atoms with Gasteiger partial charge in [0.25, 0.3) is 5.91 Å². The Labute approximate surface area is 154 Å². The van der Waals surface area contributed by atoms with Gasteiger partial charge in [0.05, 0.1) is 0 Å². The summed E-state index contributed by atoms with van der Waals surface area (Å²) in [6.45, 7) is 0. The van der Waals surface area contributed by atoms with Crippen molar-refractivity contribution in [3.05, 3.63) is 54.6 Å². The number of amides is 1. The number of ketones is 1. The molecule has 0 unspecified atom stereocenters. The van der Waals surface area contributed by atoms with Crippen molar-refractivity contribution >= 4 is 23.5 Å². The second-order valence-corrected chi connectivity index (χ2v) is 7.07. The number of thioether (sulfide) groups is 1. The molecule has 0 saturated heterocycles. The quantitative estimate of drug-likeness (QED) is 0.381. The first-order valence-corrected chi connectivity index (χ1v) is 9.72. The molecule has 0 heterocycles. The van der Waals surface area contributed by atoms with Gasteiger partial charge in [-0.05, 0) is 41.9 Å². The standard InChI is InChI=1S/C21H25NO2S/c1-22-21(24)20(23)11-7-2-3-8-16-25-19-14-12-18(13-15-19)17-9-5-4-6-10-17/h4-6,9-10,12-15H,2-3,7-8,11,16H2,1H3,(H,22,24). The maximum Gasteiger partial charge on any atom is 0.287 e. The average Bonchev–Trinajstić information content (AvgIpc) is 2.67. The number of hydrogen-bond acceptors (Lipinski definition) is 3. The molecule has 2 aromatic carbocycles. The molecule has 0 spiro atoms. The zero-order chi connectivity index (χ0) is 17.9. The van der Waals surface area contributed by atoms with E-state index in [1.165, 1.54) is 23.1 Å². The molecule has 2 rings (SSSR count). The highest BCUT2D eigenvalue weighted by atomic mass is 32.2. The fraction of sp³-hybridized carbons (Fsp3) is 0.333.